The maximum atomic E-state index is 9.57. The summed E-state index contributed by atoms with van der Waals surface area (Å²) in [7, 11) is 4.36. The molecular weight excluding hydrogens is 152 g/mol. The lowest BCUT2D eigenvalue weighted by Gasteiger charge is -2.48. The molecule has 0 aromatic rings. The normalized spacial score (nSPS) is 44.8. The van der Waals surface area contributed by atoms with Crippen LogP contribution in [0.3, 0.4) is 0 Å². The zero-order valence-electron chi connectivity index (χ0n) is 7.90. The van der Waals surface area contributed by atoms with Crippen LogP contribution in [0.25, 0.3) is 0 Å². The highest BCUT2D eigenvalue weighted by Crippen LogP contribution is 2.26. The third-order valence-corrected chi connectivity index (χ3v) is 3.29. The molecule has 3 atom stereocenters. The van der Waals surface area contributed by atoms with E-state index in [0.717, 1.165) is 25.9 Å². The van der Waals surface area contributed by atoms with E-state index in [1.54, 1.807) is 0 Å². The van der Waals surface area contributed by atoms with Gasteiger partial charge in [-0.3, -0.25) is 4.90 Å². The molecule has 2 heterocycles. The first-order valence-electron chi connectivity index (χ1n) is 4.75. The van der Waals surface area contributed by atoms with E-state index >= 15 is 0 Å². The topological polar surface area (TPSA) is 26.7 Å². The Morgan fingerprint density at radius 3 is 2.08 bits per heavy atom. The fraction of sp³-hybridized carbons (Fsp3) is 1.00. The summed E-state index contributed by atoms with van der Waals surface area (Å²) in [5, 5.41) is 9.57. The molecule has 3 nitrogen and oxygen atoms in total. The predicted molar refractivity (Wildman–Crippen MR) is 48.1 cm³/mol. The molecule has 0 aromatic carbocycles. The van der Waals surface area contributed by atoms with Gasteiger partial charge in [-0.05, 0) is 26.9 Å². The maximum Gasteiger partial charge on any atom is 0.0571 e. The first-order valence-corrected chi connectivity index (χ1v) is 4.75. The first-order chi connectivity index (χ1) is 5.66. The average molecular weight is 170 g/mol. The summed E-state index contributed by atoms with van der Waals surface area (Å²) < 4.78 is 0. The van der Waals surface area contributed by atoms with E-state index < -0.39 is 0 Å². The van der Waals surface area contributed by atoms with Crippen LogP contribution in [0.4, 0.5) is 0 Å². The number of piperazine rings is 1. The minimum atomic E-state index is -0.0510. The number of fused-ring (bicyclic) bond motifs is 2. The maximum absolute atomic E-state index is 9.57. The molecule has 12 heavy (non-hydrogen) atoms. The smallest absolute Gasteiger partial charge is 0.0571 e. The molecule has 2 rings (SSSR count). The van der Waals surface area contributed by atoms with Crippen LogP contribution >= 0.6 is 0 Å². The standard InChI is InChI=1S/C9H18N2O/c1-10-5-7-3-9(12)4-8(6-10)11(7)2/h7-9,12H,3-6H2,1-2H3/t7-,8+,9?. The summed E-state index contributed by atoms with van der Waals surface area (Å²) in [6.07, 6.45) is 1.86. The molecule has 0 amide bonds. The molecule has 0 saturated carbocycles. The minimum absolute atomic E-state index is 0.0510. The van der Waals surface area contributed by atoms with Crippen molar-refractivity contribution < 1.29 is 5.11 Å². The number of piperidine rings is 1. The molecule has 2 fully saturated rings. The van der Waals surface area contributed by atoms with Gasteiger partial charge in [0.05, 0.1) is 6.10 Å². The fourth-order valence-corrected chi connectivity index (χ4v) is 2.56. The van der Waals surface area contributed by atoms with Gasteiger partial charge in [-0.1, -0.05) is 0 Å². The van der Waals surface area contributed by atoms with Gasteiger partial charge in [0.25, 0.3) is 0 Å². The van der Waals surface area contributed by atoms with Gasteiger partial charge in [0.2, 0.25) is 0 Å². The second kappa shape index (κ2) is 2.98. The van der Waals surface area contributed by atoms with Gasteiger partial charge in [0.15, 0.2) is 0 Å². The number of hydrogen-bond donors (Lipinski definition) is 1. The van der Waals surface area contributed by atoms with E-state index in [0.29, 0.717) is 12.1 Å². The Hall–Kier alpha value is -0.120. The molecule has 0 spiro atoms. The van der Waals surface area contributed by atoms with E-state index in [1.165, 1.54) is 0 Å². The van der Waals surface area contributed by atoms with Crippen molar-refractivity contribution in [2.45, 2.75) is 31.0 Å². The third-order valence-electron chi connectivity index (χ3n) is 3.29. The van der Waals surface area contributed by atoms with E-state index in [-0.39, 0.29) is 6.10 Å². The second-order valence-electron chi connectivity index (χ2n) is 4.32. The zero-order chi connectivity index (χ0) is 8.72. The highest BCUT2D eigenvalue weighted by molar-refractivity contribution is 4.93. The lowest BCUT2D eigenvalue weighted by molar-refractivity contribution is -0.0359. The van der Waals surface area contributed by atoms with E-state index in [9.17, 15) is 5.11 Å². The number of likely N-dealkylation sites (N-methyl/N-ethyl adjacent to an activating group) is 2. The van der Waals surface area contributed by atoms with Crippen LogP contribution in [0.15, 0.2) is 0 Å². The Labute approximate surface area is 74.0 Å². The zero-order valence-corrected chi connectivity index (χ0v) is 7.90. The van der Waals surface area contributed by atoms with Gasteiger partial charge in [-0.25, -0.2) is 0 Å². The molecule has 1 N–H and O–H groups in total. The van der Waals surface area contributed by atoms with Crippen molar-refractivity contribution in [1.82, 2.24) is 9.80 Å². The lowest BCUT2D eigenvalue weighted by Crippen LogP contribution is -2.60. The highest BCUT2D eigenvalue weighted by atomic mass is 16.3. The van der Waals surface area contributed by atoms with Crippen molar-refractivity contribution in [3.05, 3.63) is 0 Å². The Morgan fingerprint density at radius 1 is 1.08 bits per heavy atom. The van der Waals surface area contributed by atoms with Crippen molar-refractivity contribution in [3.63, 3.8) is 0 Å². The third kappa shape index (κ3) is 1.37. The Bertz CT molecular complexity index is 144. The van der Waals surface area contributed by atoms with Gasteiger partial charge in [-0.15, -0.1) is 0 Å². The first kappa shape index (κ1) is 8.48. The van der Waals surface area contributed by atoms with Crippen LogP contribution in [0, 0.1) is 0 Å². The van der Waals surface area contributed by atoms with E-state index in [2.05, 4.69) is 23.9 Å². The SMILES string of the molecule is CN1C[C@H]2CC(O)C[C@@H](C1)N2C. The predicted octanol–water partition coefficient (Wildman–Crippen LogP) is -0.245. The highest BCUT2D eigenvalue weighted by Gasteiger charge is 2.37. The molecule has 2 aliphatic rings. The Balaban J connectivity index is 2.08. The van der Waals surface area contributed by atoms with Crippen LogP contribution in [-0.4, -0.2) is 60.3 Å². The van der Waals surface area contributed by atoms with Gasteiger partial charge in [0, 0.05) is 25.2 Å². The monoisotopic (exact) mass is 170 g/mol. The van der Waals surface area contributed by atoms with Gasteiger partial charge >= 0.3 is 0 Å². The van der Waals surface area contributed by atoms with Gasteiger partial charge in [-0.2, -0.15) is 0 Å². The molecule has 2 saturated heterocycles. The summed E-state index contributed by atoms with van der Waals surface area (Å²) in [5.41, 5.74) is 0. The van der Waals surface area contributed by atoms with Crippen molar-refractivity contribution in [1.29, 1.82) is 0 Å². The van der Waals surface area contributed by atoms with Crippen molar-refractivity contribution >= 4 is 0 Å². The molecule has 0 aliphatic carbocycles. The number of hydrogen-bond acceptors (Lipinski definition) is 3. The van der Waals surface area contributed by atoms with Crippen LogP contribution in [0.5, 0.6) is 0 Å². The number of rotatable bonds is 0. The van der Waals surface area contributed by atoms with Gasteiger partial charge < -0.3 is 10.0 Å². The van der Waals surface area contributed by atoms with Crippen LogP contribution in [0.1, 0.15) is 12.8 Å². The molecular formula is C9H18N2O. The van der Waals surface area contributed by atoms with Crippen LogP contribution in [-0.2, 0) is 0 Å². The van der Waals surface area contributed by atoms with Crippen molar-refractivity contribution in [2.24, 2.45) is 0 Å². The molecule has 3 heteroatoms. The quantitative estimate of drug-likeness (QED) is 0.543. The second-order valence-corrected chi connectivity index (χ2v) is 4.32. The number of nitrogens with zero attached hydrogens (tertiary/aromatic N) is 2. The Kier molecular flexibility index (Phi) is 2.10. The molecule has 0 aromatic heterocycles. The Morgan fingerprint density at radius 2 is 1.58 bits per heavy atom. The van der Waals surface area contributed by atoms with E-state index in [1.807, 2.05) is 0 Å². The molecule has 70 valence electrons. The largest absolute Gasteiger partial charge is 0.393 e. The summed E-state index contributed by atoms with van der Waals surface area (Å²) in [6.45, 7) is 2.23. The summed E-state index contributed by atoms with van der Waals surface area (Å²) in [4.78, 5) is 4.81. The number of aliphatic hydroxyl groups excluding tert-OH is 1. The molecule has 0 radical (unpaired) electrons. The van der Waals surface area contributed by atoms with Gasteiger partial charge in [0.1, 0.15) is 0 Å². The number of likely N-dealkylation sites (tertiary alicyclic amines) is 1. The van der Waals surface area contributed by atoms with Crippen molar-refractivity contribution in [2.75, 3.05) is 27.2 Å². The molecule has 1 unspecified atom stereocenters. The van der Waals surface area contributed by atoms with Crippen LogP contribution in [0.2, 0.25) is 0 Å². The number of aliphatic hydroxyl groups is 1. The molecule has 2 bridgehead atoms. The van der Waals surface area contributed by atoms with E-state index in [4.69, 9.17) is 0 Å². The lowest BCUT2D eigenvalue weighted by atomic mass is 9.90. The summed E-state index contributed by atoms with van der Waals surface area (Å²) in [6, 6.07) is 1.16. The summed E-state index contributed by atoms with van der Waals surface area (Å²) in [5.74, 6) is 0. The summed E-state index contributed by atoms with van der Waals surface area (Å²) >= 11 is 0. The fourth-order valence-electron chi connectivity index (χ4n) is 2.56. The minimum Gasteiger partial charge on any atom is -0.393 e. The van der Waals surface area contributed by atoms with Crippen LogP contribution < -0.4 is 0 Å². The van der Waals surface area contributed by atoms with Crippen molar-refractivity contribution in [3.8, 4) is 0 Å². The molecule has 2 aliphatic heterocycles. The average Bonchev–Trinajstić information content (AvgIpc) is 1.94.